The van der Waals surface area contributed by atoms with E-state index in [1.165, 1.54) is 10.7 Å². The second-order valence-corrected chi connectivity index (χ2v) is 5.81. The molecule has 0 saturated carbocycles. The van der Waals surface area contributed by atoms with Crippen LogP contribution in [0.25, 0.3) is 5.95 Å². The Kier molecular flexibility index (Phi) is 5.20. The normalized spacial score (nSPS) is 10.5. The average molecular weight is 369 g/mol. The summed E-state index contributed by atoms with van der Waals surface area (Å²) in [5.74, 6) is 1.36. The van der Waals surface area contributed by atoms with Gasteiger partial charge >= 0.3 is 0 Å². The van der Waals surface area contributed by atoms with Crippen molar-refractivity contribution in [1.82, 2.24) is 19.7 Å². The van der Waals surface area contributed by atoms with Gasteiger partial charge in [-0.2, -0.15) is 9.78 Å². The van der Waals surface area contributed by atoms with E-state index in [0.717, 1.165) is 0 Å². The van der Waals surface area contributed by atoms with E-state index < -0.39 is 0 Å². The van der Waals surface area contributed by atoms with Gasteiger partial charge in [-0.1, -0.05) is 6.07 Å². The van der Waals surface area contributed by atoms with Gasteiger partial charge in [0.15, 0.2) is 6.61 Å². The van der Waals surface area contributed by atoms with E-state index in [0.29, 0.717) is 28.7 Å². The van der Waals surface area contributed by atoms with E-state index in [9.17, 15) is 9.59 Å². The Morgan fingerprint density at radius 1 is 1.19 bits per heavy atom. The smallest absolute Gasteiger partial charge is 0.263 e. The number of methoxy groups -OCH3 is 1. The fraction of sp³-hybridized carbons (Fsp3) is 0.222. The van der Waals surface area contributed by atoms with E-state index >= 15 is 0 Å². The quantitative estimate of drug-likeness (QED) is 0.683. The molecule has 0 bridgehead atoms. The molecule has 1 aromatic carbocycles. The molecular formula is C18H19N5O4. The van der Waals surface area contributed by atoms with Crippen LogP contribution in [0.4, 0.5) is 5.82 Å². The number of hydrogen-bond acceptors (Lipinski definition) is 6. The molecule has 0 saturated heterocycles. The van der Waals surface area contributed by atoms with Crippen LogP contribution in [0.2, 0.25) is 0 Å². The molecule has 0 aliphatic rings. The summed E-state index contributed by atoms with van der Waals surface area (Å²) in [6, 6.07) is 10.0. The zero-order valence-electron chi connectivity index (χ0n) is 15.1. The molecule has 0 spiro atoms. The lowest BCUT2D eigenvalue weighted by atomic mass is 10.3. The molecule has 9 heteroatoms. The van der Waals surface area contributed by atoms with Gasteiger partial charge in [0.2, 0.25) is 5.95 Å². The van der Waals surface area contributed by atoms with Crippen LogP contribution in [-0.2, 0) is 4.79 Å². The summed E-state index contributed by atoms with van der Waals surface area (Å²) in [6.07, 6.45) is 0. The van der Waals surface area contributed by atoms with Crippen LogP contribution in [0.3, 0.4) is 0 Å². The second kappa shape index (κ2) is 7.73. The van der Waals surface area contributed by atoms with Gasteiger partial charge in [0.1, 0.15) is 17.3 Å². The number of aromatic amines is 1. The SMILES string of the molecule is COc1cccc(OCC(=O)Nc2cc(C)nn2-c2nc(C)cc(=O)[nH]2)c1. The largest absolute Gasteiger partial charge is 0.497 e. The lowest BCUT2D eigenvalue weighted by Crippen LogP contribution is -2.23. The van der Waals surface area contributed by atoms with Gasteiger partial charge in [0.25, 0.3) is 11.5 Å². The maximum atomic E-state index is 12.3. The molecule has 27 heavy (non-hydrogen) atoms. The van der Waals surface area contributed by atoms with Crippen LogP contribution in [0.5, 0.6) is 11.5 Å². The standard InChI is InChI=1S/C18H19N5O4/c1-11-8-16(24)21-18(19-11)23-15(7-12(2)22-23)20-17(25)10-27-14-6-4-5-13(9-14)26-3/h4-9H,10H2,1-3H3,(H,20,25)(H,19,21,24). The summed E-state index contributed by atoms with van der Waals surface area (Å²) < 4.78 is 12.0. The number of nitrogens with one attached hydrogen (secondary N) is 2. The molecule has 9 nitrogen and oxygen atoms in total. The van der Waals surface area contributed by atoms with Crippen molar-refractivity contribution in [3.8, 4) is 17.4 Å². The number of ether oxygens (including phenoxy) is 2. The lowest BCUT2D eigenvalue weighted by Gasteiger charge is -2.10. The van der Waals surface area contributed by atoms with E-state index in [-0.39, 0.29) is 24.0 Å². The van der Waals surface area contributed by atoms with Crippen molar-refractivity contribution in [3.05, 3.63) is 58.1 Å². The molecule has 3 rings (SSSR count). The Labute approximate surface area is 155 Å². The van der Waals surface area contributed by atoms with Crippen molar-refractivity contribution in [1.29, 1.82) is 0 Å². The molecule has 2 heterocycles. The van der Waals surface area contributed by atoms with Crippen molar-refractivity contribution in [2.75, 3.05) is 19.0 Å². The van der Waals surface area contributed by atoms with Crippen molar-refractivity contribution in [3.63, 3.8) is 0 Å². The number of amides is 1. The minimum absolute atomic E-state index is 0.199. The number of nitrogens with zero attached hydrogens (tertiary/aromatic N) is 3. The van der Waals surface area contributed by atoms with E-state index in [4.69, 9.17) is 9.47 Å². The predicted molar refractivity (Wildman–Crippen MR) is 98.6 cm³/mol. The molecule has 0 radical (unpaired) electrons. The first-order valence-electron chi connectivity index (χ1n) is 8.16. The van der Waals surface area contributed by atoms with Crippen LogP contribution in [-0.4, -0.2) is 39.4 Å². The first-order valence-corrected chi connectivity index (χ1v) is 8.16. The van der Waals surface area contributed by atoms with Crippen LogP contribution in [0.15, 0.2) is 41.2 Å². The van der Waals surface area contributed by atoms with E-state index in [1.54, 1.807) is 51.3 Å². The first-order chi connectivity index (χ1) is 12.9. The summed E-state index contributed by atoms with van der Waals surface area (Å²) in [6.45, 7) is 3.28. The molecule has 1 amide bonds. The summed E-state index contributed by atoms with van der Waals surface area (Å²) in [5, 5.41) is 6.98. The van der Waals surface area contributed by atoms with Crippen molar-refractivity contribution < 1.29 is 14.3 Å². The van der Waals surface area contributed by atoms with Gasteiger partial charge in [0, 0.05) is 23.9 Å². The lowest BCUT2D eigenvalue weighted by molar-refractivity contribution is -0.118. The number of carbonyl (C=O) groups excluding carboxylic acids is 1. The Hall–Kier alpha value is -3.62. The van der Waals surface area contributed by atoms with Crippen molar-refractivity contribution in [2.45, 2.75) is 13.8 Å². The van der Waals surface area contributed by atoms with E-state index in [1.807, 2.05) is 0 Å². The number of benzene rings is 1. The molecule has 0 atom stereocenters. The summed E-state index contributed by atoms with van der Waals surface area (Å²) in [7, 11) is 1.55. The summed E-state index contributed by atoms with van der Waals surface area (Å²) in [4.78, 5) is 30.8. The maximum absolute atomic E-state index is 12.3. The number of hydrogen-bond donors (Lipinski definition) is 2. The number of carbonyl (C=O) groups is 1. The number of aryl methyl sites for hydroxylation is 2. The Morgan fingerprint density at radius 2 is 1.96 bits per heavy atom. The molecule has 2 N–H and O–H groups in total. The summed E-state index contributed by atoms with van der Waals surface area (Å²) in [5.41, 5.74) is 0.896. The molecular weight excluding hydrogens is 350 g/mol. The topological polar surface area (TPSA) is 111 Å². The van der Waals surface area contributed by atoms with Crippen LogP contribution in [0.1, 0.15) is 11.4 Å². The van der Waals surface area contributed by atoms with Crippen LogP contribution >= 0.6 is 0 Å². The Bertz CT molecular complexity index is 1020. The monoisotopic (exact) mass is 369 g/mol. The number of anilines is 1. The average Bonchev–Trinajstić information content (AvgIpc) is 2.99. The third-order valence-corrected chi connectivity index (χ3v) is 3.57. The molecule has 0 aliphatic carbocycles. The highest BCUT2D eigenvalue weighted by molar-refractivity contribution is 5.91. The molecule has 3 aromatic rings. The minimum Gasteiger partial charge on any atom is -0.497 e. The van der Waals surface area contributed by atoms with Gasteiger partial charge < -0.3 is 14.8 Å². The highest BCUT2D eigenvalue weighted by atomic mass is 16.5. The zero-order chi connectivity index (χ0) is 19.4. The van der Waals surface area contributed by atoms with Crippen LogP contribution < -0.4 is 20.3 Å². The second-order valence-electron chi connectivity index (χ2n) is 5.81. The fourth-order valence-electron chi connectivity index (χ4n) is 2.43. The Morgan fingerprint density at radius 3 is 2.70 bits per heavy atom. The highest BCUT2D eigenvalue weighted by Gasteiger charge is 2.13. The number of H-pyrrole nitrogens is 1. The van der Waals surface area contributed by atoms with Crippen molar-refractivity contribution in [2.24, 2.45) is 0 Å². The maximum Gasteiger partial charge on any atom is 0.263 e. The number of aromatic nitrogens is 4. The number of rotatable bonds is 6. The zero-order valence-corrected chi connectivity index (χ0v) is 15.1. The van der Waals surface area contributed by atoms with Crippen LogP contribution in [0, 0.1) is 13.8 Å². The first kappa shape index (κ1) is 18.2. The van der Waals surface area contributed by atoms with Gasteiger partial charge in [-0.15, -0.1) is 0 Å². The van der Waals surface area contributed by atoms with Crippen molar-refractivity contribution >= 4 is 11.7 Å². The minimum atomic E-state index is -0.381. The Balaban J connectivity index is 1.73. The van der Waals surface area contributed by atoms with Gasteiger partial charge in [0.05, 0.1) is 12.8 Å². The summed E-state index contributed by atoms with van der Waals surface area (Å²) >= 11 is 0. The third-order valence-electron chi connectivity index (χ3n) is 3.57. The van der Waals surface area contributed by atoms with Gasteiger partial charge in [-0.05, 0) is 26.0 Å². The van der Waals surface area contributed by atoms with Gasteiger partial charge in [-0.25, -0.2) is 4.98 Å². The molecule has 0 fully saturated rings. The third kappa shape index (κ3) is 4.51. The highest BCUT2D eigenvalue weighted by Crippen LogP contribution is 2.19. The molecule has 0 unspecified atom stereocenters. The molecule has 2 aromatic heterocycles. The predicted octanol–water partition coefficient (Wildman–Crippen LogP) is 1.60. The van der Waals surface area contributed by atoms with E-state index in [2.05, 4.69) is 20.4 Å². The fourth-order valence-corrected chi connectivity index (χ4v) is 2.43. The molecule has 140 valence electrons. The molecule has 0 aliphatic heterocycles. The van der Waals surface area contributed by atoms with Gasteiger partial charge in [-0.3, -0.25) is 14.6 Å².